The van der Waals surface area contributed by atoms with Crippen LogP contribution in [-0.4, -0.2) is 14.0 Å². The average molecular weight is 461 g/mol. The van der Waals surface area contributed by atoms with Crippen molar-refractivity contribution in [1.82, 2.24) is 0 Å². The molecule has 0 saturated carbocycles. The first kappa shape index (κ1) is 19.3. The van der Waals surface area contributed by atoms with Crippen LogP contribution in [0.4, 0.5) is 0 Å². The van der Waals surface area contributed by atoms with Gasteiger partial charge in [-0.05, 0) is 90.6 Å². The van der Waals surface area contributed by atoms with Gasteiger partial charge in [0.25, 0.3) is 0 Å². The van der Waals surface area contributed by atoms with Gasteiger partial charge in [0, 0.05) is 5.56 Å². The largest absolute Gasteiger partial charge is 0.488 e. The Bertz CT molecular complexity index is 1170. The minimum absolute atomic E-state index is 0.131. The Balaban J connectivity index is 1.73. The summed E-state index contributed by atoms with van der Waals surface area (Å²) in [6.45, 7) is 6.08. The van der Waals surface area contributed by atoms with E-state index >= 15 is 0 Å². The van der Waals surface area contributed by atoms with Crippen molar-refractivity contribution >= 4 is 36.8 Å². The van der Waals surface area contributed by atoms with E-state index in [-0.39, 0.29) is 16.2 Å². The van der Waals surface area contributed by atoms with Crippen molar-refractivity contribution in [3.63, 3.8) is 0 Å². The Morgan fingerprint density at radius 3 is 2.50 bits per heavy atom. The predicted octanol–water partition coefficient (Wildman–Crippen LogP) is 5.78. The summed E-state index contributed by atoms with van der Waals surface area (Å²) in [7, 11) is -3.91. The quantitative estimate of drug-likeness (QED) is 0.464. The van der Waals surface area contributed by atoms with E-state index in [0.717, 1.165) is 40.5 Å². The molecule has 1 aliphatic rings. The molecule has 28 heavy (non-hydrogen) atoms. The number of fused-ring (bicyclic) bond motifs is 3. The van der Waals surface area contributed by atoms with Crippen LogP contribution in [-0.2, 0) is 16.5 Å². The monoisotopic (exact) mass is 460 g/mol. The summed E-state index contributed by atoms with van der Waals surface area (Å²) in [6.07, 6.45) is 1.84. The van der Waals surface area contributed by atoms with Gasteiger partial charge in [-0.3, -0.25) is 0 Å². The SMILES string of the molecule is Cc1ccc(S(=O)(=O)Oc2cc3ccc4c(c3cc2Br)CCC(C)(C)O4)cc1. The van der Waals surface area contributed by atoms with Crippen molar-refractivity contribution < 1.29 is 17.3 Å². The lowest BCUT2D eigenvalue weighted by molar-refractivity contribution is 0.0853. The van der Waals surface area contributed by atoms with Gasteiger partial charge in [0.1, 0.15) is 16.2 Å². The fraction of sp³-hybridized carbons (Fsp3) is 0.273. The summed E-state index contributed by atoms with van der Waals surface area (Å²) in [6, 6.07) is 14.2. The molecule has 0 saturated heterocycles. The molecule has 0 spiro atoms. The lowest BCUT2D eigenvalue weighted by Gasteiger charge is -2.33. The van der Waals surface area contributed by atoms with Crippen molar-refractivity contribution in [2.75, 3.05) is 0 Å². The van der Waals surface area contributed by atoms with E-state index in [1.165, 1.54) is 0 Å². The van der Waals surface area contributed by atoms with E-state index in [1.807, 2.05) is 25.1 Å². The highest BCUT2D eigenvalue weighted by molar-refractivity contribution is 9.10. The van der Waals surface area contributed by atoms with Crippen LogP contribution in [0.2, 0.25) is 0 Å². The second kappa shape index (κ2) is 6.78. The highest BCUT2D eigenvalue weighted by Gasteiger charge is 2.28. The van der Waals surface area contributed by atoms with Crippen LogP contribution < -0.4 is 8.92 Å². The van der Waals surface area contributed by atoms with Gasteiger partial charge in [-0.15, -0.1) is 0 Å². The average Bonchev–Trinajstić information content (AvgIpc) is 2.61. The number of hydrogen-bond donors (Lipinski definition) is 0. The van der Waals surface area contributed by atoms with Gasteiger partial charge in [0.05, 0.1) is 4.47 Å². The molecule has 146 valence electrons. The van der Waals surface area contributed by atoms with Gasteiger partial charge in [0.2, 0.25) is 0 Å². The molecule has 0 aromatic heterocycles. The molecule has 0 unspecified atom stereocenters. The molecule has 0 amide bonds. The Hall–Kier alpha value is -2.05. The van der Waals surface area contributed by atoms with E-state index in [1.54, 1.807) is 30.3 Å². The summed E-state index contributed by atoms with van der Waals surface area (Å²) in [5.41, 5.74) is 1.95. The number of halogens is 1. The van der Waals surface area contributed by atoms with Gasteiger partial charge in [-0.1, -0.05) is 23.8 Å². The minimum Gasteiger partial charge on any atom is -0.488 e. The summed E-state index contributed by atoms with van der Waals surface area (Å²) >= 11 is 3.47. The Morgan fingerprint density at radius 1 is 1.07 bits per heavy atom. The maximum Gasteiger partial charge on any atom is 0.339 e. The first-order chi connectivity index (χ1) is 13.1. The number of ether oxygens (including phenoxy) is 1. The molecule has 3 aromatic rings. The standard InChI is InChI=1S/C22H21BrO4S/c1-14-4-7-16(8-5-14)28(24,25)27-21-12-15-6-9-20-17(18(15)13-19(21)23)10-11-22(2,3)26-20/h4-9,12-13H,10-11H2,1-3H3. The van der Waals surface area contributed by atoms with Crippen molar-refractivity contribution in [2.24, 2.45) is 0 Å². The highest BCUT2D eigenvalue weighted by atomic mass is 79.9. The van der Waals surface area contributed by atoms with Crippen LogP contribution in [0.3, 0.4) is 0 Å². The molecule has 0 N–H and O–H groups in total. The molecule has 1 aliphatic heterocycles. The van der Waals surface area contributed by atoms with Crippen molar-refractivity contribution in [3.05, 3.63) is 64.1 Å². The summed E-state index contributed by atoms with van der Waals surface area (Å²) < 4.78 is 37.4. The zero-order chi connectivity index (χ0) is 20.1. The maximum atomic E-state index is 12.6. The van der Waals surface area contributed by atoms with Crippen LogP contribution in [0.1, 0.15) is 31.4 Å². The highest BCUT2D eigenvalue weighted by Crippen LogP contribution is 2.41. The molecule has 0 bridgehead atoms. The molecule has 0 radical (unpaired) electrons. The smallest absolute Gasteiger partial charge is 0.339 e. The van der Waals surface area contributed by atoms with Crippen LogP contribution >= 0.6 is 15.9 Å². The number of aryl methyl sites for hydroxylation is 2. The summed E-state index contributed by atoms with van der Waals surface area (Å²) in [5, 5.41) is 1.96. The molecular formula is C22H21BrO4S. The fourth-order valence-electron chi connectivity index (χ4n) is 3.43. The van der Waals surface area contributed by atoms with E-state index in [9.17, 15) is 8.42 Å². The molecule has 6 heteroatoms. The number of hydrogen-bond acceptors (Lipinski definition) is 4. The second-order valence-electron chi connectivity index (χ2n) is 7.76. The molecule has 0 aliphatic carbocycles. The number of rotatable bonds is 3. The van der Waals surface area contributed by atoms with Crippen LogP contribution in [0.25, 0.3) is 10.8 Å². The molecule has 0 atom stereocenters. The third-order valence-electron chi connectivity index (χ3n) is 5.01. The number of benzene rings is 3. The van der Waals surface area contributed by atoms with Crippen LogP contribution in [0.15, 0.2) is 57.9 Å². The maximum absolute atomic E-state index is 12.6. The minimum atomic E-state index is -3.91. The van der Waals surface area contributed by atoms with E-state index < -0.39 is 10.1 Å². The van der Waals surface area contributed by atoms with Gasteiger partial charge < -0.3 is 8.92 Å². The van der Waals surface area contributed by atoms with Crippen LogP contribution in [0.5, 0.6) is 11.5 Å². The molecular weight excluding hydrogens is 440 g/mol. The molecule has 0 fully saturated rings. The van der Waals surface area contributed by atoms with Crippen molar-refractivity contribution in [3.8, 4) is 11.5 Å². The normalized spacial score (nSPS) is 15.7. The summed E-state index contributed by atoms with van der Waals surface area (Å²) in [4.78, 5) is 0.131. The second-order valence-corrected chi connectivity index (χ2v) is 10.2. The Kier molecular flexibility index (Phi) is 4.67. The van der Waals surface area contributed by atoms with Gasteiger partial charge in [-0.25, -0.2) is 0 Å². The lowest BCUT2D eigenvalue weighted by atomic mass is 9.91. The van der Waals surface area contributed by atoms with Gasteiger partial charge in [0.15, 0.2) is 5.75 Å². The third kappa shape index (κ3) is 3.63. The van der Waals surface area contributed by atoms with Crippen molar-refractivity contribution in [2.45, 2.75) is 44.1 Å². The third-order valence-corrected chi connectivity index (χ3v) is 6.88. The molecule has 1 heterocycles. The zero-order valence-electron chi connectivity index (χ0n) is 16.0. The topological polar surface area (TPSA) is 52.6 Å². The van der Waals surface area contributed by atoms with Crippen molar-refractivity contribution in [1.29, 1.82) is 0 Å². The first-order valence-electron chi connectivity index (χ1n) is 9.10. The predicted molar refractivity (Wildman–Crippen MR) is 114 cm³/mol. The van der Waals surface area contributed by atoms with Gasteiger partial charge in [-0.2, -0.15) is 8.42 Å². The zero-order valence-corrected chi connectivity index (χ0v) is 18.4. The molecule has 4 nitrogen and oxygen atoms in total. The van der Waals surface area contributed by atoms with Gasteiger partial charge >= 0.3 is 10.1 Å². The Labute approximate surface area is 173 Å². The lowest BCUT2D eigenvalue weighted by Crippen LogP contribution is -2.32. The summed E-state index contributed by atoms with van der Waals surface area (Å²) in [5.74, 6) is 1.15. The van der Waals surface area contributed by atoms with E-state index in [4.69, 9.17) is 8.92 Å². The van der Waals surface area contributed by atoms with E-state index in [2.05, 4.69) is 29.8 Å². The van der Waals surface area contributed by atoms with Crippen LogP contribution in [0, 0.1) is 6.92 Å². The fourth-order valence-corrected chi connectivity index (χ4v) is 4.90. The van der Waals surface area contributed by atoms with E-state index in [0.29, 0.717) is 4.47 Å². The molecule has 4 rings (SSSR count). The molecule has 3 aromatic carbocycles. The Morgan fingerprint density at radius 2 is 1.79 bits per heavy atom. The first-order valence-corrected chi connectivity index (χ1v) is 11.3.